The number of rotatable bonds is 4. The molecular weight excluding hydrogens is 288 g/mol. The van der Waals surface area contributed by atoms with Crippen LogP contribution in [0.3, 0.4) is 0 Å². The molecule has 0 amide bonds. The van der Waals surface area contributed by atoms with Gasteiger partial charge in [0.15, 0.2) is 0 Å². The van der Waals surface area contributed by atoms with Crippen LogP contribution in [0.4, 0.5) is 5.13 Å². The van der Waals surface area contributed by atoms with E-state index in [1.54, 1.807) is 6.20 Å². The number of hydrogen-bond acceptors (Lipinski definition) is 6. The lowest BCUT2D eigenvalue weighted by Crippen LogP contribution is -2.20. The van der Waals surface area contributed by atoms with Crippen LogP contribution in [-0.2, 0) is 20.0 Å². The molecule has 3 aromatic heterocycles. The minimum absolute atomic E-state index is 0.134. The molecule has 110 valence electrons. The van der Waals surface area contributed by atoms with E-state index in [1.807, 2.05) is 36.7 Å². The van der Waals surface area contributed by atoms with Gasteiger partial charge in [0.2, 0.25) is 10.1 Å². The van der Waals surface area contributed by atoms with Gasteiger partial charge in [0, 0.05) is 38.2 Å². The smallest absolute Gasteiger partial charge is 0.275 e. The summed E-state index contributed by atoms with van der Waals surface area (Å²) in [6.45, 7) is 2.60. The second kappa shape index (κ2) is 5.28. The fraction of sp³-hybridized carbons (Fsp3) is 0.385. The normalized spacial score (nSPS) is 11.2. The van der Waals surface area contributed by atoms with Crippen molar-refractivity contribution in [1.82, 2.24) is 24.1 Å². The maximum absolute atomic E-state index is 12.0. The third kappa shape index (κ3) is 2.54. The van der Waals surface area contributed by atoms with Crippen LogP contribution in [0.15, 0.2) is 23.3 Å². The van der Waals surface area contributed by atoms with Crippen molar-refractivity contribution in [2.24, 2.45) is 7.05 Å². The summed E-state index contributed by atoms with van der Waals surface area (Å²) in [6, 6.07) is 1.54. The maximum Gasteiger partial charge on any atom is 0.275 e. The van der Waals surface area contributed by atoms with Gasteiger partial charge in [0.1, 0.15) is 5.82 Å². The van der Waals surface area contributed by atoms with Crippen molar-refractivity contribution in [2.75, 3.05) is 11.9 Å². The molecule has 0 fully saturated rings. The summed E-state index contributed by atoms with van der Waals surface area (Å²) in [5.74, 6) is 0.936. The summed E-state index contributed by atoms with van der Waals surface area (Å²) in [6.07, 6.45) is 4.41. The van der Waals surface area contributed by atoms with Crippen LogP contribution in [-0.4, -0.2) is 31.2 Å². The molecule has 0 atom stereocenters. The van der Waals surface area contributed by atoms with Gasteiger partial charge in [-0.15, -0.1) is 5.10 Å². The predicted molar refractivity (Wildman–Crippen MR) is 81.8 cm³/mol. The first kappa shape index (κ1) is 13.7. The van der Waals surface area contributed by atoms with Gasteiger partial charge in [0.25, 0.3) is 5.56 Å². The topological polar surface area (TPSA) is 68.3 Å². The van der Waals surface area contributed by atoms with Gasteiger partial charge in [-0.2, -0.15) is 4.52 Å². The summed E-state index contributed by atoms with van der Waals surface area (Å²) in [7, 11) is 3.88. The second-order valence-corrected chi connectivity index (χ2v) is 5.76. The molecule has 0 aliphatic heterocycles. The van der Waals surface area contributed by atoms with Crippen LogP contribution in [0.1, 0.15) is 18.4 Å². The standard InChI is InChI=1S/C13H16N6OS/c1-4-9-7-11(20)19-12(15-9)21-13(16-19)18(3)8-10-14-5-6-17(10)2/h5-7H,4,8H2,1-3H3. The van der Waals surface area contributed by atoms with Crippen molar-refractivity contribution >= 4 is 21.4 Å². The molecule has 0 aliphatic carbocycles. The molecule has 21 heavy (non-hydrogen) atoms. The molecule has 0 radical (unpaired) electrons. The molecule has 0 saturated heterocycles. The first-order valence-electron chi connectivity index (χ1n) is 6.65. The van der Waals surface area contributed by atoms with Crippen molar-refractivity contribution in [3.8, 4) is 0 Å². The van der Waals surface area contributed by atoms with E-state index in [1.165, 1.54) is 21.9 Å². The first-order valence-corrected chi connectivity index (χ1v) is 7.47. The van der Waals surface area contributed by atoms with Gasteiger partial charge in [0.05, 0.1) is 6.54 Å². The van der Waals surface area contributed by atoms with Crippen LogP contribution >= 0.6 is 11.3 Å². The largest absolute Gasteiger partial charge is 0.342 e. The van der Waals surface area contributed by atoms with E-state index in [2.05, 4.69) is 15.1 Å². The van der Waals surface area contributed by atoms with Gasteiger partial charge in [-0.3, -0.25) is 4.79 Å². The number of aryl methyl sites for hydroxylation is 2. The molecule has 0 aliphatic rings. The lowest BCUT2D eigenvalue weighted by atomic mass is 10.3. The average molecular weight is 304 g/mol. The van der Waals surface area contributed by atoms with Crippen LogP contribution in [0.2, 0.25) is 0 Å². The number of nitrogens with zero attached hydrogens (tertiary/aromatic N) is 6. The van der Waals surface area contributed by atoms with Crippen LogP contribution in [0.5, 0.6) is 0 Å². The Morgan fingerprint density at radius 2 is 2.24 bits per heavy atom. The van der Waals surface area contributed by atoms with Crippen molar-refractivity contribution < 1.29 is 0 Å². The van der Waals surface area contributed by atoms with E-state index in [0.29, 0.717) is 11.5 Å². The van der Waals surface area contributed by atoms with Crippen LogP contribution in [0.25, 0.3) is 4.96 Å². The van der Waals surface area contributed by atoms with Crippen molar-refractivity contribution in [3.05, 3.63) is 40.3 Å². The number of hydrogen-bond donors (Lipinski definition) is 0. The Kier molecular flexibility index (Phi) is 3.46. The molecule has 0 N–H and O–H groups in total. The third-order valence-electron chi connectivity index (χ3n) is 3.28. The van der Waals surface area contributed by atoms with E-state index in [-0.39, 0.29) is 5.56 Å². The highest BCUT2D eigenvalue weighted by molar-refractivity contribution is 7.20. The highest BCUT2D eigenvalue weighted by atomic mass is 32.1. The fourth-order valence-corrected chi connectivity index (χ4v) is 2.90. The third-order valence-corrected chi connectivity index (χ3v) is 4.30. The molecule has 3 aromatic rings. The molecule has 0 unspecified atom stereocenters. The zero-order chi connectivity index (χ0) is 15.0. The SMILES string of the molecule is CCc1cc(=O)n2nc(N(C)Cc3nccn3C)sc2n1. The van der Waals surface area contributed by atoms with E-state index in [9.17, 15) is 4.79 Å². The number of aromatic nitrogens is 5. The minimum Gasteiger partial charge on any atom is -0.342 e. The van der Waals surface area contributed by atoms with Crippen molar-refractivity contribution in [1.29, 1.82) is 0 Å². The van der Waals surface area contributed by atoms with E-state index in [4.69, 9.17) is 0 Å². The summed E-state index contributed by atoms with van der Waals surface area (Å²) in [5.41, 5.74) is 0.659. The monoisotopic (exact) mass is 304 g/mol. The van der Waals surface area contributed by atoms with Crippen molar-refractivity contribution in [3.63, 3.8) is 0 Å². The lowest BCUT2D eigenvalue weighted by Gasteiger charge is -2.14. The molecule has 0 saturated carbocycles. The fourth-order valence-electron chi connectivity index (χ4n) is 2.01. The number of anilines is 1. The Hall–Kier alpha value is -2.22. The molecule has 8 heteroatoms. The van der Waals surface area contributed by atoms with Crippen LogP contribution < -0.4 is 10.5 Å². The highest BCUT2D eigenvalue weighted by Gasteiger charge is 2.13. The zero-order valence-electron chi connectivity index (χ0n) is 12.1. The maximum atomic E-state index is 12.0. The molecular formula is C13H16N6OS. The molecule has 3 rings (SSSR count). The first-order chi connectivity index (χ1) is 10.1. The zero-order valence-corrected chi connectivity index (χ0v) is 13.0. The van der Waals surface area contributed by atoms with Crippen molar-refractivity contribution in [2.45, 2.75) is 19.9 Å². The van der Waals surface area contributed by atoms with E-state index >= 15 is 0 Å². The number of fused-ring (bicyclic) bond motifs is 1. The van der Waals surface area contributed by atoms with Crippen LogP contribution in [0, 0.1) is 0 Å². The predicted octanol–water partition coefficient (Wildman–Crippen LogP) is 1.08. The molecule has 0 aromatic carbocycles. The van der Waals surface area contributed by atoms with Gasteiger partial charge < -0.3 is 9.47 Å². The van der Waals surface area contributed by atoms with E-state index < -0.39 is 0 Å². The van der Waals surface area contributed by atoms with Gasteiger partial charge in [-0.25, -0.2) is 9.97 Å². The Morgan fingerprint density at radius 1 is 1.43 bits per heavy atom. The van der Waals surface area contributed by atoms with Gasteiger partial charge in [-0.05, 0) is 6.42 Å². The lowest BCUT2D eigenvalue weighted by molar-refractivity contribution is 0.751. The summed E-state index contributed by atoms with van der Waals surface area (Å²) < 4.78 is 3.32. The minimum atomic E-state index is -0.134. The molecule has 0 bridgehead atoms. The number of imidazole rings is 1. The summed E-state index contributed by atoms with van der Waals surface area (Å²) in [4.78, 5) is 23.3. The Labute approximate surface area is 125 Å². The summed E-state index contributed by atoms with van der Waals surface area (Å²) in [5, 5.41) is 5.09. The van der Waals surface area contributed by atoms with Gasteiger partial charge in [-0.1, -0.05) is 18.3 Å². The Balaban J connectivity index is 1.95. The van der Waals surface area contributed by atoms with E-state index in [0.717, 1.165) is 23.1 Å². The Bertz CT molecular complexity index is 833. The van der Waals surface area contributed by atoms with Gasteiger partial charge >= 0.3 is 0 Å². The molecule has 0 spiro atoms. The second-order valence-electron chi connectivity index (χ2n) is 4.83. The Morgan fingerprint density at radius 3 is 2.90 bits per heavy atom. The highest BCUT2D eigenvalue weighted by Crippen LogP contribution is 2.21. The summed E-state index contributed by atoms with van der Waals surface area (Å²) >= 11 is 1.41. The molecule has 7 nitrogen and oxygen atoms in total. The molecule has 3 heterocycles. The average Bonchev–Trinajstić information content (AvgIpc) is 3.06. The quantitative estimate of drug-likeness (QED) is 0.721.